The lowest BCUT2D eigenvalue weighted by atomic mass is 10.1. The molecule has 0 saturated heterocycles. The summed E-state index contributed by atoms with van der Waals surface area (Å²) in [6.45, 7) is 2.69. The second-order valence-corrected chi connectivity index (χ2v) is 9.14. The Morgan fingerprint density at radius 2 is 1.58 bits per heavy atom. The molecule has 1 aliphatic carbocycles. The molecule has 150 valence electrons. The third-order valence-corrected chi connectivity index (χ3v) is 6.82. The van der Waals surface area contributed by atoms with E-state index < -0.39 is 14.9 Å². The number of hydrogen-bond donors (Lipinski definition) is 0. The van der Waals surface area contributed by atoms with Gasteiger partial charge >= 0.3 is 0 Å². The van der Waals surface area contributed by atoms with E-state index in [-0.39, 0.29) is 10.6 Å². The van der Waals surface area contributed by atoms with Crippen LogP contribution in [-0.2, 0) is 10.0 Å². The van der Waals surface area contributed by atoms with Crippen LogP contribution in [0.15, 0.2) is 22.8 Å². The van der Waals surface area contributed by atoms with Crippen LogP contribution in [0.4, 0.5) is 0 Å². The summed E-state index contributed by atoms with van der Waals surface area (Å²) in [7, 11) is -2.03. The number of sulfonamides is 1. The average molecular weight is 387 g/mol. The molecule has 0 aromatic heterocycles. The molecule has 0 aromatic rings. The van der Waals surface area contributed by atoms with Crippen molar-refractivity contribution in [2.75, 3.05) is 13.6 Å². The molecule has 0 aromatic carbocycles. The topological polar surface area (TPSA) is 80.5 Å². The van der Waals surface area contributed by atoms with Gasteiger partial charge in [-0.15, -0.1) is 0 Å². The number of allylic oxidation sites excluding steroid dienone is 3. The van der Waals surface area contributed by atoms with Gasteiger partial charge in [0.05, 0.1) is 9.83 Å². The van der Waals surface area contributed by atoms with Gasteiger partial charge in [0.15, 0.2) is 0 Å². The minimum Gasteiger partial charge on any atom is -0.258 e. The van der Waals surface area contributed by atoms with Gasteiger partial charge in [-0.1, -0.05) is 64.7 Å². The van der Waals surface area contributed by atoms with Crippen LogP contribution < -0.4 is 0 Å². The molecule has 1 aliphatic rings. The monoisotopic (exact) mass is 386 g/mol. The highest BCUT2D eigenvalue weighted by Crippen LogP contribution is 2.24. The van der Waals surface area contributed by atoms with Crippen molar-refractivity contribution in [2.24, 2.45) is 0 Å². The first-order chi connectivity index (χ1) is 12.4. The van der Waals surface area contributed by atoms with Gasteiger partial charge < -0.3 is 0 Å². The molecule has 0 heterocycles. The van der Waals surface area contributed by atoms with Crippen LogP contribution in [0.3, 0.4) is 0 Å². The quantitative estimate of drug-likeness (QED) is 0.239. The third-order valence-electron chi connectivity index (χ3n) is 4.83. The highest BCUT2D eigenvalue weighted by atomic mass is 32.2. The molecule has 0 atom stereocenters. The fraction of sp³-hybridized carbons (Fsp3) is 0.789. The van der Waals surface area contributed by atoms with Crippen molar-refractivity contribution >= 4 is 10.0 Å². The molecular weight excluding hydrogens is 352 g/mol. The predicted molar refractivity (Wildman–Crippen MR) is 106 cm³/mol. The van der Waals surface area contributed by atoms with E-state index >= 15 is 0 Å². The van der Waals surface area contributed by atoms with Gasteiger partial charge in [-0.2, -0.15) is 0 Å². The fourth-order valence-corrected chi connectivity index (χ4v) is 4.55. The first-order valence-corrected chi connectivity index (χ1v) is 11.3. The maximum Gasteiger partial charge on any atom is 0.266 e. The molecule has 0 aliphatic heterocycles. The Labute approximate surface area is 158 Å². The maximum absolute atomic E-state index is 12.6. The summed E-state index contributed by atoms with van der Waals surface area (Å²) in [6, 6.07) is 0. The number of rotatable bonds is 14. The average Bonchev–Trinajstić information content (AvgIpc) is 2.63. The second-order valence-electron chi connectivity index (χ2n) is 7.04. The summed E-state index contributed by atoms with van der Waals surface area (Å²) >= 11 is 0. The van der Waals surface area contributed by atoms with E-state index in [1.165, 1.54) is 61.4 Å². The highest BCUT2D eigenvalue weighted by molar-refractivity contribution is 7.93. The molecule has 7 heteroatoms. The zero-order valence-corrected chi connectivity index (χ0v) is 17.1. The molecule has 6 nitrogen and oxygen atoms in total. The van der Waals surface area contributed by atoms with Crippen LogP contribution in [0.1, 0.15) is 84.0 Å². The van der Waals surface area contributed by atoms with Gasteiger partial charge in [0.2, 0.25) is 10.0 Å². The molecule has 1 rings (SSSR count). The van der Waals surface area contributed by atoms with Crippen LogP contribution in [-0.4, -0.2) is 31.2 Å². The normalized spacial score (nSPS) is 15.0. The Morgan fingerprint density at radius 1 is 1.04 bits per heavy atom. The molecular formula is C19H34N2O4S. The molecule has 0 fully saturated rings. The standard InChI is InChI=1S/C19H34N2O4S/c1-3-4-5-6-7-8-9-10-11-12-16-20(2)26(24,25)19-15-13-14-18(17-19)21(22)23/h14,17H,3-13,15-16H2,1-2H3. The largest absolute Gasteiger partial charge is 0.266 e. The Balaban J connectivity index is 2.27. The molecule has 0 radical (unpaired) electrons. The first kappa shape index (κ1) is 22.8. The van der Waals surface area contributed by atoms with Crippen molar-refractivity contribution < 1.29 is 13.3 Å². The highest BCUT2D eigenvalue weighted by Gasteiger charge is 2.27. The first-order valence-electron chi connectivity index (χ1n) is 9.91. The van der Waals surface area contributed by atoms with Crippen LogP contribution >= 0.6 is 0 Å². The van der Waals surface area contributed by atoms with E-state index in [2.05, 4.69) is 6.92 Å². The lowest BCUT2D eigenvalue weighted by Gasteiger charge is -2.20. The minimum atomic E-state index is -3.59. The van der Waals surface area contributed by atoms with E-state index in [0.717, 1.165) is 19.3 Å². The fourth-order valence-electron chi connectivity index (χ4n) is 3.13. The molecule has 0 amide bonds. The summed E-state index contributed by atoms with van der Waals surface area (Å²) in [5, 5.41) is 10.9. The molecule has 0 bridgehead atoms. The van der Waals surface area contributed by atoms with E-state index in [1.807, 2.05) is 0 Å². The molecule has 0 unspecified atom stereocenters. The van der Waals surface area contributed by atoms with E-state index in [9.17, 15) is 18.5 Å². The lowest BCUT2D eigenvalue weighted by Crippen LogP contribution is -2.29. The molecule has 0 saturated carbocycles. The Hall–Kier alpha value is -1.21. The number of nitro groups is 1. The summed E-state index contributed by atoms with van der Waals surface area (Å²) in [5.74, 6) is 0. The number of hydrogen-bond acceptors (Lipinski definition) is 4. The van der Waals surface area contributed by atoms with E-state index in [1.54, 1.807) is 7.05 Å². The lowest BCUT2D eigenvalue weighted by molar-refractivity contribution is -0.419. The minimum absolute atomic E-state index is 0.123. The Kier molecular flexibility index (Phi) is 10.7. The van der Waals surface area contributed by atoms with Gasteiger partial charge in [0.1, 0.15) is 0 Å². The SMILES string of the molecule is CCCCCCCCCCCCN(C)S(=O)(=O)C1=CC([N+](=O)[O-])=CCC1. The van der Waals surface area contributed by atoms with Crippen LogP contribution in [0.2, 0.25) is 0 Å². The molecule has 0 N–H and O–H groups in total. The van der Waals surface area contributed by atoms with Crippen LogP contribution in [0, 0.1) is 10.1 Å². The van der Waals surface area contributed by atoms with Crippen molar-refractivity contribution in [3.8, 4) is 0 Å². The Bertz CT molecular complexity index is 597. The third kappa shape index (κ3) is 7.99. The zero-order chi connectivity index (χ0) is 19.4. The zero-order valence-electron chi connectivity index (χ0n) is 16.3. The number of unbranched alkanes of at least 4 members (excludes halogenated alkanes) is 9. The molecule has 26 heavy (non-hydrogen) atoms. The second kappa shape index (κ2) is 12.2. The van der Waals surface area contributed by atoms with Crippen molar-refractivity contribution in [1.29, 1.82) is 0 Å². The van der Waals surface area contributed by atoms with Crippen LogP contribution in [0.25, 0.3) is 0 Å². The maximum atomic E-state index is 12.6. The van der Waals surface area contributed by atoms with Crippen molar-refractivity contribution in [2.45, 2.75) is 84.0 Å². The van der Waals surface area contributed by atoms with Crippen LogP contribution in [0.5, 0.6) is 0 Å². The Morgan fingerprint density at radius 3 is 2.12 bits per heavy atom. The van der Waals surface area contributed by atoms with Crippen molar-refractivity contribution in [1.82, 2.24) is 4.31 Å². The summed E-state index contributed by atoms with van der Waals surface area (Å²) in [6.07, 6.45) is 15.4. The van der Waals surface area contributed by atoms with Crippen molar-refractivity contribution in [3.05, 3.63) is 32.9 Å². The van der Waals surface area contributed by atoms with Gasteiger partial charge in [-0.25, -0.2) is 12.7 Å². The smallest absolute Gasteiger partial charge is 0.258 e. The summed E-state index contributed by atoms with van der Waals surface area (Å²) in [5.41, 5.74) is -0.123. The van der Waals surface area contributed by atoms with Crippen molar-refractivity contribution in [3.63, 3.8) is 0 Å². The predicted octanol–water partition coefficient (Wildman–Crippen LogP) is 5.01. The summed E-state index contributed by atoms with van der Waals surface area (Å²) < 4.78 is 26.4. The van der Waals surface area contributed by atoms with E-state index in [0.29, 0.717) is 19.4 Å². The summed E-state index contributed by atoms with van der Waals surface area (Å²) in [4.78, 5) is 10.5. The van der Waals surface area contributed by atoms with Gasteiger partial charge in [-0.05, 0) is 25.3 Å². The van der Waals surface area contributed by atoms with Gasteiger partial charge in [0, 0.05) is 19.7 Å². The van der Waals surface area contributed by atoms with Gasteiger partial charge in [0.25, 0.3) is 5.70 Å². The van der Waals surface area contributed by atoms with E-state index in [4.69, 9.17) is 0 Å². The molecule has 0 spiro atoms. The number of nitrogens with zero attached hydrogens (tertiary/aromatic N) is 2. The van der Waals surface area contributed by atoms with Gasteiger partial charge in [-0.3, -0.25) is 10.1 Å².